The largest absolute Gasteiger partial charge is 0.275 e. The van der Waals surface area contributed by atoms with Gasteiger partial charge in [-0.25, -0.2) is 8.78 Å². The van der Waals surface area contributed by atoms with E-state index in [9.17, 15) is 8.78 Å². The van der Waals surface area contributed by atoms with E-state index in [4.69, 9.17) is 0 Å². The number of rotatable bonds is 0. The molecular formula is C10H10F2S. The molecule has 0 N–H and O–H groups in total. The van der Waals surface area contributed by atoms with Crippen molar-refractivity contribution < 1.29 is 8.78 Å². The fourth-order valence-electron chi connectivity index (χ4n) is 1.55. The summed E-state index contributed by atoms with van der Waals surface area (Å²) in [5, 5.41) is 0. The van der Waals surface area contributed by atoms with E-state index in [0.29, 0.717) is 5.75 Å². The van der Waals surface area contributed by atoms with Gasteiger partial charge < -0.3 is 0 Å². The second kappa shape index (κ2) is 2.98. The van der Waals surface area contributed by atoms with Crippen LogP contribution in [0.1, 0.15) is 17.5 Å². The number of aryl methyl sites for hydroxylation is 1. The van der Waals surface area contributed by atoms with Gasteiger partial charge in [0.1, 0.15) is 0 Å². The van der Waals surface area contributed by atoms with Crippen LogP contribution in [0.4, 0.5) is 8.78 Å². The molecule has 1 aromatic carbocycles. The van der Waals surface area contributed by atoms with Crippen molar-refractivity contribution in [1.82, 2.24) is 0 Å². The first-order valence-corrected chi connectivity index (χ1v) is 5.20. The Morgan fingerprint density at radius 2 is 2.15 bits per heavy atom. The van der Waals surface area contributed by atoms with Crippen LogP contribution in [0.25, 0.3) is 0 Å². The molecule has 0 aliphatic carbocycles. The zero-order valence-corrected chi connectivity index (χ0v) is 8.13. The SMILES string of the molecule is Cc1cccc2c1SCCC2(F)F. The first-order valence-electron chi connectivity index (χ1n) is 4.22. The van der Waals surface area contributed by atoms with E-state index in [1.165, 1.54) is 17.8 Å². The summed E-state index contributed by atoms with van der Waals surface area (Å²) in [5.74, 6) is -2.10. The van der Waals surface area contributed by atoms with E-state index in [0.717, 1.165) is 10.5 Å². The van der Waals surface area contributed by atoms with Crippen molar-refractivity contribution in [3.8, 4) is 0 Å². The molecule has 0 amide bonds. The maximum atomic E-state index is 13.4. The van der Waals surface area contributed by atoms with E-state index in [1.54, 1.807) is 6.07 Å². The predicted molar refractivity (Wildman–Crippen MR) is 50.4 cm³/mol. The fourth-order valence-corrected chi connectivity index (χ4v) is 2.78. The Kier molecular flexibility index (Phi) is 2.06. The van der Waals surface area contributed by atoms with E-state index in [-0.39, 0.29) is 12.0 Å². The molecule has 0 saturated heterocycles. The van der Waals surface area contributed by atoms with Crippen LogP contribution in [0.2, 0.25) is 0 Å². The van der Waals surface area contributed by atoms with E-state index >= 15 is 0 Å². The molecule has 1 heterocycles. The molecule has 0 bridgehead atoms. The van der Waals surface area contributed by atoms with Crippen LogP contribution in [-0.4, -0.2) is 5.75 Å². The highest BCUT2D eigenvalue weighted by molar-refractivity contribution is 7.99. The van der Waals surface area contributed by atoms with E-state index in [1.807, 2.05) is 13.0 Å². The molecule has 0 saturated carbocycles. The topological polar surface area (TPSA) is 0 Å². The first-order chi connectivity index (χ1) is 6.11. The molecule has 70 valence electrons. The van der Waals surface area contributed by atoms with Gasteiger partial charge in [0.2, 0.25) is 0 Å². The number of benzene rings is 1. The summed E-state index contributed by atoms with van der Waals surface area (Å²) >= 11 is 1.54. The Morgan fingerprint density at radius 1 is 1.38 bits per heavy atom. The van der Waals surface area contributed by atoms with Crippen LogP contribution in [0, 0.1) is 6.92 Å². The van der Waals surface area contributed by atoms with Gasteiger partial charge in [-0.15, -0.1) is 11.8 Å². The Labute approximate surface area is 80.3 Å². The zero-order chi connectivity index (χ0) is 9.47. The van der Waals surface area contributed by atoms with Crippen molar-refractivity contribution in [3.05, 3.63) is 29.3 Å². The smallest absolute Gasteiger partial charge is 0.201 e. The van der Waals surface area contributed by atoms with E-state index < -0.39 is 5.92 Å². The van der Waals surface area contributed by atoms with Crippen molar-refractivity contribution in [2.45, 2.75) is 24.2 Å². The fraction of sp³-hybridized carbons (Fsp3) is 0.400. The van der Waals surface area contributed by atoms with Gasteiger partial charge in [-0.05, 0) is 12.5 Å². The van der Waals surface area contributed by atoms with Crippen LogP contribution in [0.3, 0.4) is 0 Å². The molecule has 0 atom stereocenters. The zero-order valence-electron chi connectivity index (χ0n) is 7.31. The monoisotopic (exact) mass is 200 g/mol. The van der Waals surface area contributed by atoms with Crippen LogP contribution < -0.4 is 0 Å². The molecular weight excluding hydrogens is 190 g/mol. The molecule has 2 rings (SSSR count). The lowest BCUT2D eigenvalue weighted by Crippen LogP contribution is -2.19. The van der Waals surface area contributed by atoms with Crippen molar-refractivity contribution in [3.63, 3.8) is 0 Å². The average Bonchev–Trinajstić information content (AvgIpc) is 2.06. The lowest BCUT2D eigenvalue weighted by Gasteiger charge is -2.25. The number of fused-ring (bicyclic) bond motifs is 1. The predicted octanol–water partition coefficient (Wildman–Crippen LogP) is 3.58. The molecule has 13 heavy (non-hydrogen) atoms. The molecule has 0 spiro atoms. The normalized spacial score (nSPS) is 19.6. The van der Waals surface area contributed by atoms with Gasteiger partial charge in [0.15, 0.2) is 0 Å². The lowest BCUT2D eigenvalue weighted by atomic mass is 10.0. The molecule has 1 aliphatic heterocycles. The highest BCUT2D eigenvalue weighted by atomic mass is 32.2. The minimum absolute atomic E-state index is 0.0336. The number of thioether (sulfide) groups is 1. The van der Waals surface area contributed by atoms with Crippen LogP contribution in [0.5, 0.6) is 0 Å². The van der Waals surface area contributed by atoms with Gasteiger partial charge in [-0.2, -0.15) is 0 Å². The van der Waals surface area contributed by atoms with Crippen LogP contribution in [-0.2, 0) is 5.92 Å². The summed E-state index contributed by atoms with van der Waals surface area (Å²) in [6.07, 6.45) is -0.0336. The third-order valence-corrected chi connectivity index (χ3v) is 3.51. The quantitative estimate of drug-likeness (QED) is 0.616. The average molecular weight is 200 g/mol. The third-order valence-electron chi connectivity index (χ3n) is 2.27. The summed E-state index contributed by atoms with van der Waals surface area (Å²) in [6.45, 7) is 1.88. The highest BCUT2D eigenvalue weighted by Gasteiger charge is 2.37. The van der Waals surface area contributed by atoms with Crippen molar-refractivity contribution in [1.29, 1.82) is 0 Å². The van der Waals surface area contributed by atoms with Crippen LogP contribution in [0.15, 0.2) is 23.1 Å². The number of hydrogen-bond donors (Lipinski definition) is 0. The standard InChI is InChI=1S/C10H10F2S/c1-7-3-2-4-8-9(7)13-6-5-10(8,11)12/h2-4H,5-6H2,1H3. The first kappa shape index (κ1) is 9.00. The molecule has 0 aromatic heterocycles. The van der Waals surface area contributed by atoms with Crippen molar-refractivity contribution in [2.24, 2.45) is 0 Å². The molecule has 1 aromatic rings. The summed E-state index contributed by atoms with van der Waals surface area (Å²) in [6, 6.07) is 5.12. The van der Waals surface area contributed by atoms with Gasteiger partial charge in [-0.3, -0.25) is 0 Å². The summed E-state index contributed by atoms with van der Waals surface area (Å²) in [5.41, 5.74) is 1.17. The maximum Gasteiger partial charge on any atom is 0.275 e. The van der Waals surface area contributed by atoms with Gasteiger partial charge >= 0.3 is 0 Å². The maximum absolute atomic E-state index is 13.4. The lowest BCUT2D eigenvalue weighted by molar-refractivity contribution is -0.0116. The minimum atomic E-state index is -2.62. The van der Waals surface area contributed by atoms with Crippen molar-refractivity contribution >= 4 is 11.8 Å². The molecule has 0 unspecified atom stereocenters. The third kappa shape index (κ3) is 1.46. The Morgan fingerprint density at radius 3 is 2.85 bits per heavy atom. The summed E-state index contributed by atoms with van der Waals surface area (Å²) < 4.78 is 26.7. The van der Waals surface area contributed by atoms with Crippen molar-refractivity contribution in [2.75, 3.05) is 5.75 Å². The van der Waals surface area contributed by atoms with Gasteiger partial charge in [-0.1, -0.05) is 18.2 Å². The Bertz CT molecular complexity index is 334. The number of hydrogen-bond acceptors (Lipinski definition) is 1. The van der Waals surface area contributed by atoms with Gasteiger partial charge in [0, 0.05) is 22.6 Å². The molecule has 3 heteroatoms. The van der Waals surface area contributed by atoms with Gasteiger partial charge in [0.05, 0.1) is 0 Å². The Balaban J connectivity index is 2.58. The highest BCUT2D eigenvalue weighted by Crippen LogP contribution is 2.44. The van der Waals surface area contributed by atoms with Gasteiger partial charge in [0.25, 0.3) is 5.92 Å². The number of alkyl halides is 2. The molecule has 0 nitrogen and oxygen atoms in total. The number of halogens is 2. The summed E-state index contributed by atoms with van der Waals surface area (Å²) in [4.78, 5) is 0.777. The summed E-state index contributed by atoms with van der Waals surface area (Å²) in [7, 11) is 0. The molecule has 1 aliphatic rings. The van der Waals surface area contributed by atoms with E-state index in [2.05, 4.69) is 0 Å². The Hall–Kier alpha value is -0.570. The second-order valence-electron chi connectivity index (χ2n) is 3.25. The molecule has 0 radical (unpaired) electrons. The second-order valence-corrected chi connectivity index (χ2v) is 4.36. The minimum Gasteiger partial charge on any atom is -0.201 e. The van der Waals surface area contributed by atoms with Crippen LogP contribution >= 0.6 is 11.8 Å². The molecule has 0 fully saturated rings.